The van der Waals surface area contributed by atoms with E-state index in [-0.39, 0.29) is 0 Å². The molecule has 1 aromatic rings. The fourth-order valence-corrected chi connectivity index (χ4v) is 2.89. The highest BCUT2D eigenvalue weighted by molar-refractivity contribution is 7.11. The number of rotatable bonds is 5. The Kier molecular flexibility index (Phi) is 3.42. The summed E-state index contributed by atoms with van der Waals surface area (Å²) >= 11 is 1.82. The lowest BCUT2D eigenvalue weighted by molar-refractivity contribution is 0.462. The number of nitrogens with zero attached hydrogens (tertiary/aromatic N) is 1. The van der Waals surface area contributed by atoms with Crippen molar-refractivity contribution < 1.29 is 0 Å². The van der Waals surface area contributed by atoms with E-state index in [1.807, 2.05) is 11.3 Å². The third kappa shape index (κ3) is 3.02. The molecule has 0 aliphatic heterocycles. The largest absolute Gasteiger partial charge is 0.312 e. The zero-order valence-corrected chi connectivity index (χ0v) is 10.7. The Morgan fingerprint density at radius 2 is 2.20 bits per heavy atom. The summed E-state index contributed by atoms with van der Waals surface area (Å²) in [5.74, 6) is 1.85. The predicted octanol–water partition coefficient (Wildman–Crippen LogP) is 2.90. The molecule has 0 spiro atoms. The Balaban J connectivity index is 1.75. The van der Waals surface area contributed by atoms with E-state index in [4.69, 9.17) is 0 Å². The van der Waals surface area contributed by atoms with Gasteiger partial charge in [-0.2, -0.15) is 0 Å². The first kappa shape index (κ1) is 11.1. The van der Waals surface area contributed by atoms with Crippen molar-refractivity contribution in [1.82, 2.24) is 10.3 Å². The van der Waals surface area contributed by atoms with Crippen LogP contribution >= 0.6 is 11.3 Å². The van der Waals surface area contributed by atoms with Crippen LogP contribution in [-0.4, -0.2) is 11.5 Å². The van der Waals surface area contributed by atoms with Gasteiger partial charge in [0.25, 0.3) is 0 Å². The van der Waals surface area contributed by atoms with Crippen molar-refractivity contribution in [2.45, 2.75) is 40.2 Å². The molecule has 0 aromatic carbocycles. The summed E-state index contributed by atoms with van der Waals surface area (Å²) in [7, 11) is 0. The smallest absolute Gasteiger partial charge is 0.0900 e. The van der Waals surface area contributed by atoms with Gasteiger partial charge in [0.05, 0.1) is 10.7 Å². The normalized spacial score (nSPS) is 18.1. The highest BCUT2D eigenvalue weighted by atomic mass is 32.1. The summed E-state index contributed by atoms with van der Waals surface area (Å²) in [6, 6.07) is 0. The summed E-state index contributed by atoms with van der Waals surface area (Å²) in [5.41, 5.74) is 1.20. The molecule has 1 atom stereocenters. The molecule has 1 fully saturated rings. The lowest BCUT2D eigenvalue weighted by Crippen LogP contribution is -2.21. The lowest BCUT2D eigenvalue weighted by Gasteiger charge is -2.10. The maximum absolute atomic E-state index is 4.43. The fourth-order valence-electron chi connectivity index (χ4n) is 1.98. The van der Waals surface area contributed by atoms with Crippen molar-refractivity contribution in [2.75, 3.05) is 6.54 Å². The van der Waals surface area contributed by atoms with Gasteiger partial charge >= 0.3 is 0 Å². The molecule has 0 radical (unpaired) electrons. The van der Waals surface area contributed by atoms with Crippen molar-refractivity contribution >= 4 is 11.3 Å². The molecule has 1 N–H and O–H groups in total. The van der Waals surface area contributed by atoms with Crippen LogP contribution < -0.4 is 5.32 Å². The molecule has 84 valence electrons. The van der Waals surface area contributed by atoms with E-state index in [0.717, 1.165) is 24.9 Å². The van der Waals surface area contributed by atoms with Crippen LogP contribution in [0.1, 0.15) is 35.3 Å². The quantitative estimate of drug-likeness (QED) is 0.832. The minimum absolute atomic E-state index is 0.847. The molecular weight excluding hydrogens is 204 g/mol. The van der Waals surface area contributed by atoms with E-state index < -0.39 is 0 Å². The third-order valence-corrected chi connectivity index (χ3v) is 4.25. The van der Waals surface area contributed by atoms with Crippen molar-refractivity contribution in [2.24, 2.45) is 11.8 Å². The summed E-state index contributed by atoms with van der Waals surface area (Å²) in [6.45, 7) is 8.68. The van der Waals surface area contributed by atoms with Crippen LogP contribution in [0.2, 0.25) is 0 Å². The lowest BCUT2D eigenvalue weighted by atomic mass is 10.1. The molecular formula is C12H20N2S. The van der Waals surface area contributed by atoms with Crippen LogP contribution in [0.4, 0.5) is 0 Å². The van der Waals surface area contributed by atoms with Gasteiger partial charge in [0, 0.05) is 11.4 Å². The van der Waals surface area contributed by atoms with Gasteiger partial charge in [-0.25, -0.2) is 4.98 Å². The van der Waals surface area contributed by atoms with Gasteiger partial charge in [-0.3, -0.25) is 0 Å². The molecule has 1 saturated carbocycles. The topological polar surface area (TPSA) is 24.9 Å². The summed E-state index contributed by atoms with van der Waals surface area (Å²) < 4.78 is 0. The van der Waals surface area contributed by atoms with Crippen LogP contribution in [0, 0.1) is 25.7 Å². The SMILES string of the molecule is Cc1nc(C)c(CNCC(C)C2CC2)s1. The van der Waals surface area contributed by atoms with Gasteiger partial charge in [0.2, 0.25) is 0 Å². The van der Waals surface area contributed by atoms with Gasteiger partial charge in [-0.15, -0.1) is 11.3 Å². The molecule has 2 rings (SSSR count). The summed E-state index contributed by atoms with van der Waals surface area (Å²) in [6.07, 6.45) is 2.89. The van der Waals surface area contributed by atoms with E-state index in [2.05, 4.69) is 31.1 Å². The molecule has 0 bridgehead atoms. The molecule has 0 amide bonds. The number of hydrogen-bond acceptors (Lipinski definition) is 3. The van der Waals surface area contributed by atoms with Crippen molar-refractivity contribution in [1.29, 1.82) is 0 Å². The molecule has 1 unspecified atom stereocenters. The van der Waals surface area contributed by atoms with Gasteiger partial charge < -0.3 is 5.32 Å². The van der Waals surface area contributed by atoms with Crippen molar-refractivity contribution in [3.05, 3.63) is 15.6 Å². The molecule has 1 aromatic heterocycles. The second-order valence-corrected chi connectivity index (χ2v) is 5.97. The summed E-state index contributed by atoms with van der Waals surface area (Å²) in [5, 5.41) is 4.73. The Hall–Kier alpha value is -0.410. The van der Waals surface area contributed by atoms with E-state index in [0.29, 0.717) is 0 Å². The number of hydrogen-bond donors (Lipinski definition) is 1. The minimum Gasteiger partial charge on any atom is -0.312 e. The average Bonchev–Trinajstić information content (AvgIpc) is 2.94. The van der Waals surface area contributed by atoms with Crippen LogP contribution in [-0.2, 0) is 6.54 Å². The standard InChI is InChI=1S/C12H20N2S/c1-8(11-4-5-11)6-13-7-12-9(2)14-10(3)15-12/h8,11,13H,4-7H2,1-3H3. The summed E-state index contributed by atoms with van der Waals surface area (Å²) in [4.78, 5) is 5.83. The molecule has 1 aliphatic carbocycles. The van der Waals surface area contributed by atoms with Crippen molar-refractivity contribution in [3.8, 4) is 0 Å². The number of aromatic nitrogens is 1. The Labute approximate surface area is 96.1 Å². The zero-order valence-electron chi connectivity index (χ0n) is 9.84. The molecule has 1 aliphatic rings. The first-order chi connectivity index (χ1) is 7.16. The second kappa shape index (κ2) is 4.62. The van der Waals surface area contributed by atoms with Crippen LogP contribution in [0.25, 0.3) is 0 Å². The highest BCUT2D eigenvalue weighted by Crippen LogP contribution is 2.36. The van der Waals surface area contributed by atoms with Crippen molar-refractivity contribution in [3.63, 3.8) is 0 Å². The maximum Gasteiger partial charge on any atom is 0.0900 e. The zero-order chi connectivity index (χ0) is 10.8. The molecule has 15 heavy (non-hydrogen) atoms. The molecule has 2 nitrogen and oxygen atoms in total. The van der Waals surface area contributed by atoms with E-state index in [1.165, 1.54) is 28.4 Å². The predicted molar refractivity (Wildman–Crippen MR) is 65.2 cm³/mol. The van der Waals surface area contributed by atoms with Crippen LogP contribution in [0.15, 0.2) is 0 Å². The fraction of sp³-hybridized carbons (Fsp3) is 0.750. The van der Waals surface area contributed by atoms with Gasteiger partial charge in [-0.05, 0) is 45.1 Å². The molecule has 1 heterocycles. The van der Waals surface area contributed by atoms with Crippen LogP contribution in [0.3, 0.4) is 0 Å². The van der Waals surface area contributed by atoms with Gasteiger partial charge in [-0.1, -0.05) is 6.92 Å². The first-order valence-electron chi connectivity index (χ1n) is 5.80. The minimum atomic E-state index is 0.847. The number of thiazole rings is 1. The monoisotopic (exact) mass is 224 g/mol. The average molecular weight is 224 g/mol. The number of nitrogens with one attached hydrogen (secondary N) is 1. The van der Waals surface area contributed by atoms with E-state index >= 15 is 0 Å². The van der Waals surface area contributed by atoms with E-state index in [9.17, 15) is 0 Å². The van der Waals surface area contributed by atoms with E-state index in [1.54, 1.807) is 0 Å². The van der Waals surface area contributed by atoms with Crippen LogP contribution in [0.5, 0.6) is 0 Å². The van der Waals surface area contributed by atoms with Gasteiger partial charge in [0.15, 0.2) is 0 Å². The molecule has 0 saturated heterocycles. The first-order valence-corrected chi connectivity index (χ1v) is 6.62. The maximum atomic E-state index is 4.43. The highest BCUT2D eigenvalue weighted by Gasteiger charge is 2.27. The van der Waals surface area contributed by atoms with Gasteiger partial charge in [0.1, 0.15) is 0 Å². The third-order valence-electron chi connectivity index (χ3n) is 3.18. The molecule has 3 heteroatoms. The Morgan fingerprint density at radius 1 is 1.47 bits per heavy atom. The Bertz CT molecular complexity index is 328. The Morgan fingerprint density at radius 3 is 2.73 bits per heavy atom. The second-order valence-electron chi connectivity index (χ2n) is 4.69. The number of aryl methyl sites for hydroxylation is 2.